The van der Waals surface area contributed by atoms with Crippen molar-refractivity contribution < 1.29 is 19.0 Å². The van der Waals surface area contributed by atoms with Crippen molar-refractivity contribution in [3.8, 4) is 11.5 Å². The fraction of sp³-hybridized carbons (Fsp3) is 0.286. The molecule has 3 aromatic rings. The van der Waals surface area contributed by atoms with Gasteiger partial charge >= 0.3 is 5.97 Å². The van der Waals surface area contributed by atoms with Gasteiger partial charge in [-0.3, -0.25) is 4.79 Å². The molecule has 3 rings (SSSR count). The Morgan fingerprint density at radius 3 is 2.79 bits per heavy atom. The number of halogens is 1. The number of nitrogens with zero attached hydrogens (tertiary/aromatic N) is 1. The average molecular weight is 417 g/mol. The van der Waals surface area contributed by atoms with E-state index in [1.165, 1.54) is 19.2 Å². The molecule has 8 heteroatoms. The molecule has 0 bridgehead atoms. The zero-order valence-corrected chi connectivity index (χ0v) is 16.9. The highest BCUT2D eigenvalue weighted by atomic mass is 35.5. The van der Waals surface area contributed by atoms with Gasteiger partial charge in [0.2, 0.25) is 0 Å². The number of carbonyl (C=O) groups is 1. The fourth-order valence-corrected chi connectivity index (χ4v) is 2.98. The van der Waals surface area contributed by atoms with Crippen LogP contribution in [0.5, 0.6) is 11.5 Å². The van der Waals surface area contributed by atoms with Crippen LogP contribution in [-0.2, 0) is 11.3 Å². The normalized spacial score (nSPS) is 10.7. The lowest BCUT2D eigenvalue weighted by atomic mass is 10.2. The van der Waals surface area contributed by atoms with Crippen LogP contribution < -0.4 is 15.0 Å². The van der Waals surface area contributed by atoms with Gasteiger partial charge in [0, 0.05) is 0 Å². The Kier molecular flexibility index (Phi) is 6.72. The maximum absolute atomic E-state index is 12.5. The standard InChI is InChI=1S/C21H21ClN2O5/c1-3-4-9-28-19-15(22)10-13(11-17(19)27-2)21(26)29-12-18-23-16-8-6-5-7-14(16)20(25)24-18/h5-8,10-11H,3-4,9,12H2,1-2H3,(H,23,24,25). The van der Waals surface area contributed by atoms with Gasteiger partial charge < -0.3 is 19.2 Å². The summed E-state index contributed by atoms with van der Waals surface area (Å²) in [7, 11) is 1.47. The molecule has 0 saturated heterocycles. The topological polar surface area (TPSA) is 90.5 Å². The Hall–Kier alpha value is -3.06. The smallest absolute Gasteiger partial charge is 0.338 e. The van der Waals surface area contributed by atoms with Crippen molar-refractivity contribution in [1.82, 2.24) is 9.97 Å². The van der Waals surface area contributed by atoms with Crippen molar-refractivity contribution in [2.75, 3.05) is 13.7 Å². The highest BCUT2D eigenvalue weighted by Gasteiger charge is 2.17. The number of H-pyrrole nitrogens is 1. The van der Waals surface area contributed by atoms with Crippen molar-refractivity contribution in [2.45, 2.75) is 26.4 Å². The molecule has 0 spiro atoms. The van der Waals surface area contributed by atoms with Gasteiger partial charge in [0.15, 0.2) is 11.5 Å². The van der Waals surface area contributed by atoms with Crippen LogP contribution in [0, 0.1) is 0 Å². The van der Waals surface area contributed by atoms with Gasteiger partial charge in [-0.05, 0) is 30.7 Å². The monoisotopic (exact) mass is 416 g/mol. The summed E-state index contributed by atoms with van der Waals surface area (Å²) in [5, 5.41) is 0.724. The number of ether oxygens (including phenoxy) is 3. The van der Waals surface area contributed by atoms with Crippen molar-refractivity contribution in [2.24, 2.45) is 0 Å². The Morgan fingerprint density at radius 1 is 1.24 bits per heavy atom. The largest absolute Gasteiger partial charge is 0.493 e. The van der Waals surface area contributed by atoms with E-state index in [4.69, 9.17) is 25.8 Å². The Bertz CT molecular complexity index is 1080. The molecule has 0 aliphatic heterocycles. The van der Waals surface area contributed by atoms with Crippen LogP contribution in [0.15, 0.2) is 41.2 Å². The first kappa shape index (κ1) is 20.7. The molecule has 1 aromatic heterocycles. The predicted octanol–water partition coefficient (Wildman–Crippen LogP) is 4.12. The van der Waals surface area contributed by atoms with Crippen molar-refractivity contribution in [3.63, 3.8) is 0 Å². The Labute approximate surface area is 172 Å². The number of aromatic amines is 1. The minimum atomic E-state index is -0.624. The number of methoxy groups -OCH3 is 1. The van der Waals surface area contributed by atoms with Gasteiger partial charge in [-0.1, -0.05) is 37.1 Å². The van der Waals surface area contributed by atoms with Gasteiger partial charge in [-0.15, -0.1) is 0 Å². The minimum Gasteiger partial charge on any atom is -0.493 e. The molecule has 0 aliphatic carbocycles. The van der Waals surface area contributed by atoms with Crippen LogP contribution in [0.25, 0.3) is 10.9 Å². The molecular formula is C21H21ClN2O5. The third-order valence-corrected chi connectivity index (χ3v) is 4.49. The van der Waals surface area contributed by atoms with E-state index in [2.05, 4.69) is 16.9 Å². The molecule has 1 heterocycles. The average Bonchev–Trinajstić information content (AvgIpc) is 2.73. The van der Waals surface area contributed by atoms with E-state index in [9.17, 15) is 9.59 Å². The molecule has 152 valence electrons. The summed E-state index contributed by atoms with van der Waals surface area (Å²) in [5.74, 6) is 0.359. The predicted molar refractivity (Wildman–Crippen MR) is 110 cm³/mol. The van der Waals surface area contributed by atoms with E-state index >= 15 is 0 Å². The Balaban J connectivity index is 1.75. The zero-order chi connectivity index (χ0) is 20.8. The minimum absolute atomic E-state index is 0.187. The van der Waals surface area contributed by atoms with E-state index in [0.29, 0.717) is 29.0 Å². The summed E-state index contributed by atoms with van der Waals surface area (Å²) in [5.41, 5.74) is 0.443. The Morgan fingerprint density at radius 2 is 2.03 bits per heavy atom. The number of unbranched alkanes of at least 4 members (excludes halogenated alkanes) is 1. The highest BCUT2D eigenvalue weighted by Crippen LogP contribution is 2.36. The number of fused-ring (bicyclic) bond motifs is 1. The molecule has 0 radical (unpaired) electrons. The van der Waals surface area contributed by atoms with Gasteiger partial charge in [-0.25, -0.2) is 9.78 Å². The van der Waals surface area contributed by atoms with E-state index in [1.807, 2.05) is 0 Å². The first-order valence-electron chi connectivity index (χ1n) is 9.19. The van der Waals surface area contributed by atoms with Crippen LogP contribution in [0.4, 0.5) is 0 Å². The third-order valence-electron chi connectivity index (χ3n) is 4.21. The second-order valence-electron chi connectivity index (χ2n) is 6.30. The summed E-state index contributed by atoms with van der Waals surface area (Å²) in [6.07, 6.45) is 1.86. The van der Waals surface area contributed by atoms with Crippen molar-refractivity contribution >= 4 is 28.5 Å². The molecule has 0 atom stereocenters. The molecule has 0 saturated carbocycles. The van der Waals surface area contributed by atoms with E-state index in [0.717, 1.165) is 12.8 Å². The van der Waals surface area contributed by atoms with Crippen LogP contribution in [-0.4, -0.2) is 29.7 Å². The van der Waals surface area contributed by atoms with E-state index in [1.54, 1.807) is 24.3 Å². The number of para-hydroxylation sites is 1. The number of esters is 1. The van der Waals surface area contributed by atoms with Gasteiger partial charge in [0.25, 0.3) is 5.56 Å². The van der Waals surface area contributed by atoms with Crippen LogP contribution in [0.2, 0.25) is 5.02 Å². The maximum atomic E-state index is 12.5. The first-order valence-corrected chi connectivity index (χ1v) is 9.56. The summed E-state index contributed by atoms with van der Waals surface area (Å²) in [6.45, 7) is 2.36. The number of nitrogens with one attached hydrogen (secondary N) is 1. The summed E-state index contributed by atoms with van der Waals surface area (Å²) < 4.78 is 16.2. The number of hydrogen-bond acceptors (Lipinski definition) is 6. The van der Waals surface area contributed by atoms with E-state index < -0.39 is 5.97 Å². The lowest BCUT2D eigenvalue weighted by Crippen LogP contribution is -2.14. The van der Waals surface area contributed by atoms with Crippen molar-refractivity contribution in [3.05, 3.63) is 63.2 Å². The molecule has 0 amide bonds. The molecule has 1 N–H and O–H groups in total. The number of benzene rings is 2. The molecule has 7 nitrogen and oxygen atoms in total. The molecule has 29 heavy (non-hydrogen) atoms. The highest BCUT2D eigenvalue weighted by molar-refractivity contribution is 6.32. The van der Waals surface area contributed by atoms with E-state index in [-0.39, 0.29) is 28.6 Å². The fourth-order valence-electron chi connectivity index (χ4n) is 2.72. The number of carbonyl (C=O) groups excluding carboxylic acids is 1. The summed E-state index contributed by atoms with van der Waals surface area (Å²) in [6, 6.07) is 9.90. The molecule has 0 aliphatic rings. The second-order valence-corrected chi connectivity index (χ2v) is 6.70. The first-order chi connectivity index (χ1) is 14.0. The van der Waals surface area contributed by atoms with Gasteiger partial charge in [0.1, 0.15) is 12.4 Å². The third kappa shape index (κ3) is 4.86. The van der Waals surface area contributed by atoms with Crippen LogP contribution in [0.1, 0.15) is 35.9 Å². The van der Waals surface area contributed by atoms with Crippen molar-refractivity contribution in [1.29, 1.82) is 0 Å². The number of aromatic nitrogens is 2. The SMILES string of the molecule is CCCCOc1c(Cl)cc(C(=O)OCc2nc3ccccc3c(=O)[nH]2)cc1OC. The van der Waals surface area contributed by atoms with Crippen LogP contribution in [0.3, 0.4) is 0 Å². The summed E-state index contributed by atoms with van der Waals surface area (Å²) in [4.78, 5) is 31.5. The molecule has 0 unspecified atom stereocenters. The van der Waals surface area contributed by atoms with Crippen LogP contribution >= 0.6 is 11.6 Å². The van der Waals surface area contributed by atoms with Gasteiger partial charge in [-0.2, -0.15) is 0 Å². The maximum Gasteiger partial charge on any atom is 0.338 e. The molecular weight excluding hydrogens is 396 g/mol. The zero-order valence-electron chi connectivity index (χ0n) is 16.2. The number of rotatable bonds is 8. The lowest BCUT2D eigenvalue weighted by molar-refractivity contribution is 0.0462. The second kappa shape index (κ2) is 9.43. The summed E-state index contributed by atoms with van der Waals surface area (Å²) >= 11 is 6.27. The quantitative estimate of drug-likeness (QED) is 0.438. The molecule has 0 fully saturated rings. The number of hydrogen-bond donors (Lipinski definition) is 1. The molecule has 2 aromatic carbocycles. The van der Waals surface area contributed by atoms with Gasteiger partial charge in [0.05, 0.1) is 35.2 Å². The lowest BCUT2D eigenvalue weighted by Gasteiger charge is -2.14.